The Morgan fingerprint density at radius 3 is 1.93 bits per heavy atom. The van der Waals surface area contributed by atoms with Crippen LogP contribution < -0.4 is 21.7 Å². The first kappa shape index (κ1) is 41.6. The van der Waals surface area contributed by atoms with Crippen molar-refractivity contribution in [2.24, 2.45) is 11.7 Å². The number of urea groups is 1. The largest absolute Gasteiger partial charge is 2.00 e. The molecule has 41 heavy (non-hydrogen) atoms. The number of nitrogens with two attached hydrogens (primary N) is 1. The van der Waals surface area contributed by atoms with E-state index in [9.17, 15) is 9.59 Å². The Balaban J connectivity index is 0. The topological polar surface area (TPSA) is 153 Å². The quantitative estimate of drug-likeness (QED) is 0.244. The number of aryl methyl sites for hydroxylation is 1. The predicted octanol–water partition coefficient (Wildman–Crippen LogP) is 4.57. The van der Waals surface area contributed by atoms with Gasteiger partial charge in [-0.3, -0.25) is 4.79 Å². The maximum Gasteiger partial charge on any atom is 2.00 e. The molecule has 2 fully saturated rings. The molecule has 11 heteroatoms. The normalized spacial score (nSPS) is 17.9. The number of nitrogens with one attached hydrogen (secondary N) is 4. The molecule has 1 saturated heterocycles. The summed E-state index contributed by atoms with van der Waals surface area (Å²) in [7, 11) is 0. The van der Waals surface area contributed by atoms with Gasteiger partial charge in [-0.15, -0.1) is 19.1 Å². The van der Waals surface area contributed by atoms with Gasteiger partial charge in [-0.1, -0.05) is 81.8 Å². The molecule has 2 atom stereocenters. The number of benzene rings is 1. The van der Waals surface area contributed by atoms with Crippen LogP contribution in [0.4, 0.5) is 4.79 Å². The molecule has 0 spiro atoms. The monoisotopic (exact) mass is 759 g/mol. The second kappa shape index (κ2) is 29.9. The SMILES string of the molecule is CC.CC(=O)NCCOCCOCCNC(=O)NCC1CC[N-]CC1.Cc1ccccc1.[NH-]C1CCCCC1N.[Pt+2]. The molecule has 0 aromatic heterocycles. The minimum atomic E-state index is -0.150. The van der Waals surface area contributed by atoms with Crippen LogP contribution >= 0.6 is 0 Å². The molecule has 10 nitrogen and oxygen atoms in total. The summed E-state index contributed by atoms with van der Waals surface area (Å²) in [6.07, 6.45) is 6.64. The van der Waals surface area contributed by atoms with Crippen molar-refractivity contribution in [3.63, 3.8) is 0 Å². The summed E-state index contributed by atoms with van der Waals surface area (Å²) in [5.41, 5.74) is 14.3. The number of hydrogen-bond donors (Lipinski definition) is 4. The number of hydrogen-bond acceptors (Lipinski definition) is 5. The van der Waals surface area contributed by atoms with Gasteiger partial charge >= 0.3 is 27.1 Å². The van der Waals surface area contributed by atoms with Gasteiger partial charge < -0.3 is 42.2 Å². The average molecular weight is 760 g/mol. The Kier molecular flexibility index (Phi) is 30.3. The van der Waals surface area contributed by atoms with Crippen molar-refractivity contribution in [3.05, 3.63) is 46.9 Å². The fourth-order valence-corrected chi connectivity index (χ4v) is 3.86. The summed E-state index contributed by atoms with van der Waals surface area (Å²) in [5.74, 6) is 0.483. The van der Waals surface area contributed by atoms with Crippen LogP contribution in [0.15, 0.2) is 30.3 Å². The molecule has 1 aliphatic carbocycles. The summed E-state index contributed by atoms with van der Waals surface area (Å²) in [6.45, 7) is 12.9. The van der Waals surface area contributed by atoms with E-state index in [4.69, 9.17) is 20.9 Å². The van der Waals surface area contributed by atoms with E-state index < -0.39 is 0 Å². The summed E-state index contributed by atoms with van der Waals surface area (Å²) in [4.78, 5) is 22.2. The minimum Gasteiger partial charge on any atom is -0.673 e. The number of nitrogens with zero attached hydrogens (tertiary/aromatic N) is 1. The minimum absolute atomic E-state index is 0. The maximum atomic E-state index is 11.6. The van der Waals surface area contributed by atoms with E-state index >= 15 is 0 Å². The number of carbonyl (C=O) groups excluding carboxylic acids is 2. The van der Waals surface area contributed by atoms with Crippen molar-refractivity contribution in [2.45, 2.75) is 78.3 Å². The molecule has 0 radical (unpaired) electrons. The van der Waals surface area contributed by atoms with E-state index in [1.165, 1.54) is 25.3 Å². The average Bonchev–Trinajstić information content (AvgIpc) is 2.97. The van der Waals surface area contributed by atoms with Crippen LogP contribution in [0.3, 0.4) is 0 Å². The number of carbonyl (C=O) groups is 2. The van der Waals surface area contributed by atoms with Gasteiger partial charge in [0.1, 0.15) is 0 Å². The number of rotatable bonds is 11. The fraction of sp³-hybridized carbons (Fsp3) is 0.733. The Labute approximate surface area is 263 Å². The standard InChI is InChI=1S/C15H29N4O4.C7H8.C6H13N2.C2H6.Pt/c1-13(20)17-6-8-22-10-11-23-9-7-18-15(21)19-12-14-2-4-16-5-3-14;1-7-5-3-2-4-6-7;7-5-3-1-2-4-6(5)8;1-2;/h14H,2-12H2,1H3,(H,17,20)(H2,18,19,21);2-6H,1H3;5-7H,1-4,8H2;1-2H3;/q-1;;-1;;+2. The molecular formula is C30H56N6O4Pt. The predicted molar refractivity (Wildman–Crippen MR) is 165 cm³/mol. The van der Waals surface area contributed by atoms with Gasteiger partial charge in [0, 0.05) is 26.6 Å². The molecule has 1 heterocycles. The van der Waals surface area contributed by atoms with E-state index in [1.807, 2.05) is 32.0 Å². The molecular weight excluding hydrogens is 703 g/mol. The third kappa shape index (κ3) is 27.1. The van der Waals surface area contributed by atoms with Crippen molar-refractivity contribution in [1.82, 2.24) is 16.0 Å². The molecule has 2 unspecified atom stereocenters. The summed E-state index contributed by atoms with van der Waals surface area (Å²) >= 11 is 0. The molecule has 240 valence electrons. The van der Waals surface area contributed by atoms with Crippen LogP contribution in [0.1, 0.15) is 64.9 Å². The zero-order valence-corrected chi connectivity index (χ0v) is 28.0. The smallest absolute Gasteiger partial charge is 0.673 e. The van der Waals surface area contributed by atoms with Gasteiger partial charge in [-0.25, -0.2) is 4.79 Å². The van der Waals surface area contributed by atoms with Gasteiger partial charge in [0.25, 0.3) is 0 Å². The molecule has 0 bridgehead atoms. The molecule has 3 rings (SSSR count). The van der Waals surface area contributed by atoms with Crippen LogP contribution in [0.2, 0.25) is 0 Å². The van der Waals surface area contributed by atoms with Crippen LogP contribution in [0, 0.1) is 12.8 Å². The fourth-order valence-electron chi connectivity index (χ4n) is 3.86. The second-order valence-corrected chi connectivity index (χ2v) is 9.67. The molecule has 2 aliphatic rings. The first-order valence-electron chi connectivity index (χ1n) is 14.9. The number of amides is 3. The van der Waals surface area contributed by atoms with Gasteiger partial charge in [0.05, 0.1) is 26.4 Å². The van der Waals surface area contributed by atoms with Gasteiger partial charge in [-0.2, -0.15) is 0 Å². The van der Waals surface area contributed by atoms with Crippen LogP contribution in [-0.4, -0.2) is 83.2 Å². The Morgan fingerprint density at radius 2 is 1.46 bits per heavy atom. The third-order valence-electron chi connectivity index (χ3n) is 6.23. The Bertz CT molecular complexity index is 716. The van der Waals surface area contributed by atoms with E-state index in [1.54, 1.807) is 0 Å². The van der Waals surface area contributed by atoms with Crippen LogP contribution in [0.5, 0.6) is 0 Å². The molecule has 1 aliphatic heterocycles. The zero-order valence-electron chi connectivity index (χ0n) is 25.7. The number of piperidine rings is 1. The van der Waals surface area contributed by atoms with Gasteiger partial charge in [-0.05, 0) is 25.3 Å². The van der Waals surface area contributed by atoms with Crippen molar-refractivity contribution in [3.8, 4) is 0 Å². The van der Waals surface area contributed by atoms with E-state index in [-0.39, 0.29) is 45.1 Å². The van der Waals surface area contributed by atoms with Crippen molar-refractivity contribution in [1.29, 1.82) is 0 Å². The summed E-state index contributed by atoms with van der Waals surface area (Å²) in [5, 5.41) is 12.6. The third-order valence-corrected chi connectivity index (χ3v) is 6.23. The molecule has 6 N–H and O–H groups in total. The Hall–Kier alpha value is -1.55. The molecule has 1 aromatic rings. The summed E-state index contributed by atoms with van der Waals surface area (Å²) < 4.78 is 10.6. The van der Waals surface area contributed by atoms with Gasteiger partial charge in [0.2, 0.25) is 5.91 Å². The molecule has 1 aromatic carbocycles. The second-order valence-electron chi connectivity index (χ2n) is 9.67. The van der Waals surface area contributed by atoms with E-state index in [0.29, 0.717) is 52.0 Å². The molecule has 1 saturated carbocycles. The molecule has 3 amide bonds. The maximum absolute atomic E-state index is 11.6. The Morgan fingerprint density at radius 1 is 0.902 bits per heavy atom. The van der Waals surface area contributed by atoms with Crippen molar-refractivity contribution in [2.75, 3.05) is 59.2 Å². The summed E-state index contributed by atoms with van der Waals surface area (Å²) in [6, 6.07) is 10.3. The zero-order chi connectivity index (χ0) is 29.8. The van der Waals surface area contributed by atoms with Crippen molar-refractivity contribution < 1.29 is 40.1 Å². The number of ether oxygens (including phenoxy) is 2. The van der Waals surface area contributed by atoms with Crippen molar-refractivity contribution >= 4 is 11.9 Å². The van der Waals surface area contributed by atoms with E-state index in [0.717, 1.165) is 38.8 Å². The first-order chi connectivity index (χ1) is 19.4. The first-order valence-corrected chi connectivity index (χ1v) is 14.9. The van der Waals surface area contributed by atoms with Gasteiger partial charge in [0.15, 0.2) is 0 Å². The van der Waals surface area contributed by atoms with E-state index in [2.05, 4.69) is 40.3 Å². The van der Waals surface area contributed by atoms with Crippen LogP contribution in [-0.2, 0) is 35.3 Å². The van der Waals surface area contributed by atoms with Crippen LogP contribution in [0.25, 0.3) is 11.1 Å².